The van der Waals surface area contributed by atoms with Crippen LogP contribution in [0.25, 0.3) is 0 Å². The molecule has 0 aliphatic carbocycles. The standard InChI is InChI=1S/C16H30N2O/c1-3-6-14-8-5-11-18(12-10-14)16(19)15-9-4-7-13(2)17-15/h13-15,17H,3-12H2,1-2H3. The van der Waals surface area contributed by atoms with E-state index in [0.717, 1.165) is 25.4 Å². The molecule has 19 heavy (non-hydrogen) atoms. The van der Waals surface area contributed by atoms with Gasteiger partial charge in [-0.15, -0.1) is 0 Å². The minimum absolute atomic E-state index is 0.0893. The van der Waals surface area contributed by atoms with Crippen LogP contribution in [0.2, 0.25) is 0 Å². The van der Waals surface area contributed by atoms with E-state index in [1.165, 1.54) is 44.9 Å². The number of rotatable bonds is 3. The average molecular weight is 266 g/mol. The first-order valence-electron chi connectivity index (χ1n) is 8.25. The maximum atomic E-state index is 12.6. The molecule has 110 valence electrons. The molecule has 0 bridgehead atoms. The van der Waals surface area contributed by atoms with Crippen molar-refractivity contribution in [3.05, 3.63) is 0 Å². The molecule has 2 aliphatic rings. The van der Waals surface area contributed by atoms with Gasteiger partial charge >= 0.3 is 0 Å². The molecule has 3 heteroatoms. The van der Waals surface area contributed by atoms with Crippen molar-refractivity contribution < 1.29 is 4.79 Å². The molecule has 2 saturated heterocycles. The Bertz CT molecular complexity index is 292. The molecule has 0 aromatic heterocycles. The van der Waals surface area contributed by atoms with E-state index >= 15 is 0 Å². The number of nitrogens with one attached hydrogen (secondary N) is 1. The molecule has 1 amide bonds. The highest BCUT2D eigenvalue weighted by Gasteiger charge is 2.29. The van der Waals surface area contributed by atoms with Gasteiger partial charge in [0.1, 0.15) is 0 Å². The van der Waals surface area contributed by atoms with E-state index in [9.17, 15) is 4.79 Å². The van der Waals surface area contributed by atoms with Gasteiger partial charge in [-0.1, -0.05) is 19.8 Å². The Hall–Kier alpha value is -0.570. The molecule has 2 rings (SSSR count). The molecule has 3 unspecified atom stereocenters. The van der Waals surface area contributed by atoms with Gasteiger partial charge in [0, 0.05) is 19.1 Å². The maximum absolute atomic E-state index is 12.6. The number of carbonyl (C=O) groups is 1. The van der Waals surface area contributed by atoms with Crippen LogP contribution in [0.4, 0.5) is 0 Å². The fraction of sp³-hybridized carbons (Fsp3) is 0.938. The number of likely N-dealkylation sites (tertiary alicyclic amines) is 1. The van der Waals surface area contributed by atoms with E-state index in [1.807, 2.05) is 0 Å². The van der Waals surface area contributed by atoms with Crippen LogP contribution < -0.4 is 5.32 Å². The van der Waals surface area contributed by atoms with Crippen LogP contribution in [-0.4, -0.2) is 36.0 Å². The minimum atomic E-state index is 0.0893. The molecule has 2 fully saturated rings. The molecular formula is C16H30N2O. The van der Waals surface area contributed by atoms with Crippen molar-refractivity contribution in [1.82, 2.24) is 10.2 Å². The van der Waals surface area contributed by atoms with E-state index in [0.29, 0.717) is 11.9 Å². The van der Waals surface area contributed by atoms with Crippen LogP contribution in [0.1, 0.15) is 65.2 Å². The van der Waals surface area contributed by atoms with E-state index in [4.69, 9.17) is 0 Å². The van der Waals surface area contributed by atoms with Crippen LogP contribution >= 0.6 is 0 Å². The lowest BCUT2D eigenvalue weighted by Gasteiger charge is -2.32. The van der Waals surface area contributed by atoms with Crippen LogP contribution in [0.3, 0.4) is 0 Å². The van der Waals surface area contributed by atoms with Gasteiger partial charge in [-0.05, 0) is 51.4 Å². The summed E-state index contributed by atoms with van der Waals surface area (Å²) in [5.41, 5.74) is 0. The predicted molar refractivity (Wildman–Crippen MR) is 79.1 cm³/mol. The molecular weight excluding hydrogens is 236 g/mol. The Kier molecular flexibility index (Phi) is 5.68. The number of carbonyl (C=O) groups excluding carboxylic acids is 1. The Labute approximate surface area is 118 Å². The minimum Gasteiger partial charge on any atom is -0.341 e. The number of piperidine rings is 1. The van der Waals surface area contributed by atoms with Gasteiger partial charge in [-0.3, -0.25) is 4.79 Å². The SMILES string of the molecule is CCCC1CCCN(C(=O)C2CCCC(C)N2)CC1. The Balaban J connectivity index is 1.85. The van der Waals surface area contributed by atoms with Gasteiger partial charge in [0.15, 0.2) is 0 Å². The van der Waals surface area contributed by atoms with Crippen molar-refractivity contribution in [1.29, 1.82) is 0 Å². The summed E-state index contributed by atoms with van der Waals surface area (Å²) in [6.45, 7) is 6.42. The quantitative estimate of drug-likeness (QED) is 0.852. The van der Waals surface area contributed by atoms with E-state index < -0.39 is 0 Å². The second kappa shape index (κ2) is 7.28. The zero-order valence-corrected chi connectivity index (χ0v) is 12.7. The topological polar surface area (TPSA) is 32.3 Å². The van der Waals surface area contributed by atoms with Gasteiger partial charge in [0.05, 0.1) is 6.04 Å². The summed E-state index contributed by atoms with van der Waals surface area (Å²) in [4.78, 5) is 14.7. The summed E-state index contributed by atoms with van der Waals surface area (Å²) in [6.07, 6.45) is 9.75. The smallest absolute Gasteiger partial charge is 0.239 e. The summed E-state index contributed by atoms with van der Waals surface area (Å²) in [6, 6.07) is 0.592. The number of hydrogen-bond acceptors (Lipinski definition) is 2. The van der Waals surface area contributed by atoms with Crippen molar-refractivity contribution in [3.63, 3.8) is 0 Å². The number of nitrogens with zero attached hydrogens (tertiary/aromatic N) is 1. The number of hydrogen-bond donors (Lipinski definition) is 1. The Morgan fingerprint density at radius 2 is 2.00 bits per heavy atom. The van der Waals surface area contributed by atoms with Gasteiger partial charge in [-0.25, -0.2) is 0 Å². The molecule has 0 radical (unpaired) electrons. The van der Waals surface area contributed by atoms with Crippen molar-refractivity contribution in [2.75, 3.05) is 13.1 Å². The number of amides is 1. The first-order valence-corrected chi connectivity index (χ1v) is 8.25. The molecule has 3 nitrogen and oxygen atoms in total. The van der Waals surface area contributed by atoms with E-state index in [-0.39, 0.29) is 6.04 Å². The summed E-state index contributed by atoms with van der Waals surface area (Å²) < 4.78 is 0. The van der Waals surface area contributed by atoms with Crippen LogP contribution in [-0.2, 0) is 4.79 Å². The highest BCUT2D eigenvalue weighted by molar-refractivity contribution is 5.82. The Morgan fingerprint density at radius 1 is 1.16 bits per heavy atom. The molecule has 0 aromatic carbocycles. The largest absolute Gasteiger partial charge is 0.341 e. The monoisotopic (exact) mass is 266 g/mol. The highest BCUT2D eigenvalue weighted by Crippen LogP contribution is 2.23. The van der Waals surface area contributed by atoms with Gasteiger partial charge in [0.25, 0.3) is 0 Å². The van der Waals surface area contributed by atoms with Crippen LogP contribution in [0.15, 0.2) is 0 Å². The summed E-state index contributed by atoms with van der Waals surface area (Å²) in [5.74, 6) is 1.21. The zero-order chi connectivity index (χ0) is 13.7. The third-order valence-electron chi connectivity index (χ3n) is 4.77. The van der Waals surface area contributed by atoms with Crippen LogP contribution in [0.5, 0.6) is 0 Å². The molecule has 2 heterocycles. The normalized spacial score (nSPS) is 32.9. The predicted octanol–water partition coefficient (Wildman–Crippen LogP) is 2.95. The molecule has 1 N–H and O–H groups in total. The second-order valence-corrected chi connectivity index (χ2v) is 6.46. The molecule has 3 atom stereocenters. The fourth-order valence-electron chi connectivity index (χ4n) is 3.64. The van der Waals surface area contributed by atoms with E-state index in [2.05, 4.69) is 24.1 Å². The summed E-state index contributed by atoms with van der Waals surface area (Å²) in [7, 11) is 0. The summed E-state index contributed by atoms with van der Waals surface area (Å²) in [5, 5.41) is 3.48. The van der Waals surface area contributed by atoms with Crippen molar-refractivity contribution in [3.8, 4) is 0 Å². The highest BCUT2D eigenvalue weighted by atomic mass is 16.2. The van der Waals surface area contributed by atoms with Crippen molar-refractivity contribution >= 4 is 5.91 Å². The third-order valence-corrected chi connectivity index (χ3v) is 4.77. The van der Waals surface area contributed by atoms with Crippen LogP contribution in [0, 0.1) is 5.92 Å². The molecule has 2 aliphatic heterocycles. The van der Waals surface area contributed by atoms with Gasteiger partial charge < -0.3 is 10.2 Å². The zero-order valence-electron chi connectivity index (χ0n) is 12.7. The lowest BCUT2D eigenvalue weighted by atomic mass is 9.96. The van der Waals surface area contributed by atoms with Crippen molar-refractivity contribution in [2.45, 2.75) is 77.3 Å². The maximum Gasteiger partial charge on any atom is 0.239 e. The Morgan fingerprint density at radius 3 is 2.74 bits per heavy atom. The lowest BCUT2D eigenvalue weighted by molar-refractivity contribution is -0.134. The first kappa shape index (κ1) is 14.8. The lowest BCUT2D eigenvalue weighted by Crippen LogP contribution is -2.51. The first-order chi connectivity index (χ1) is 9.20. The average Bonchev–Trinajstić information content (AvgIpc) is 2.64. The molecule has 0 aromatic rings. The summed E-state index contributed by atoms with van der Waals surface area (Å²) >= 11 is 0. The van der Waals surface area contributed by atoms with Crippen molar-refractivity contribution in [2.24, 2.45) is 5.92 Å². The fourth-order valence-corrected chi connectivity index (χ4v) is 3.64. The molecule has 0 saturated carbocycles. The van der Waals surface area contributed by atoms with Gasteiger partial charge in [-0.2, -0.15) is 0 Å². The molecule has 0 spiro atoms. The third kappa shape index (κ3) is 4.20. The van der Waals surface area contributed by atoms with E-state index in [1.54, 1.807) is 0 Å². The van der Waals surface area contributed by atoms with Gasteiger partial charge in [0.2, 0.25) is 5.91 Å². The second-order valence-electron chi connectivity index (χ2n) is 6.46.